The van der Waals surface area contributed by atoms with E-state index >= 15 is 0 Å². The van der Waals surface area contributed by atoms with Gasteiger partial charge in [-0.1, -0.05) is 12.1 Å². The molecule has 17 heavy (non-hydrogen) atoms. The van der Waals surface area contributed by atoms with E-state index in [-0.39, 0.29) is 17.6 Å². The number of rotatable bonds is 4. The average molecular weight is 251 g/mol. The number of hydrogen-bond acceptors (Lipinski definition) is 4. The number of hydrogen-bond donors (Lipinski definition) is 1. The molecular weight excluding hydrogens is 238 g/mol. The van der Waals surface area contributed by atoms with Gasteiger partial charge in [0.05, 0.1) is 0 Å². The molecule has 0 bridgehead atoms. The molecule has 0 aliphatic carbocycles. The van der Waals surface area contributed by atoms with Gasteiger partial charge in [0, 0.05) is 30.0 Å². The highest BCUT2D eigenvalue weighted by Crippen LogP contribution is 2.27. The standard InChI is InChI=1S/C12H13NO3S/c14-9-3-1-2-4-10(9)17-8-7-13-11(15)5-6-12(13)16/h1-4,14H,5-8H2. The number of amides is 2. The van der Waals surface area contributed by atoms with E-state index in [1.165, 1.54) is 16.7 Å². The molecule has 0 atom stereocenters. The number of benzene rings is 1. The zero-order valence-electron chi connectivity index (χ0n) is 9.26. The Kier molecular flexibility index (Phi) is 3.68. The van der Waals surface area contributed by atoms with Crippen molar-refractivity contribution in [2.75, 3.05) is 12.3 Å². The summed E-state index contributed by atoms with van der Waals surface area (Å²) in [5, 5.41) is 9.54. The lowest BCUT2D eigenvalue weighted by atomic mass is 10.3. The van der Waals surface area contributed by atoms with E-state index in [9.17, 15) is 14.7 Å². The van der Waals surface area contributed by atoms with Crippen LogP contribution in [0.25, 0.3) is 0 Å². The molecule has 1 N–H and O–H groups in total. The lowest BCUT2D eigenvalue weighted by molar-refractivity contribution is -0.137. The van der Waals surface area contributed by atoms with Crippen molar-refractivity contribution < 1.29 is 14.7 Å². The Morgan fingerprint density at radius 3 is 2.47 bits per heavy atom. The minimum Gasteiger partial charge on any atom is -0.507 e. The Hall–Kier alpha value is -1.49. The number of imide groups is 1. The van der Waals surface area contributed by atoms with Crippen LogP contribution in [0.4, 0.5) is 0 Å². The quantitative estimate of drug-likeness (QED) is 0.653. The second-order valence-electron chi connectivity index (χ2n) is 3.76. The molecule has 1 fully saturated rings. The second kappa shape index (κ2) is 5.23. The van der Waals surface area contributed by atoms with Gasteiger partial charge in [0.25, 0.3) is 0 Å². The van der Waals surface area contributed by atoms with Gasteiger partial charge in [-0.3, -0.25) is 14.5 Å². The van der Waals surface area contributed by atoms with Crippen LogP contribution < -0.4 is 0 Å². The van der Waals surface area contributed by atoms with Gasteiger partial charge in [0.15, 0.2) is 0 Å². The monoisotopic (exact) mass is 251 g/mol. The van der Waals surface area contributed by atoms with Crippen LogP contribution in [-0.4, -0.2) is 34.1 Å². The van der Waals surface area contributed by atoms with E-state index < -0.39 is 0 Å². The molecule has 0 spiro atoms. The lowest BCUT2D eigenvalue weighted by Gasteiger charge is -2.13. The van der Waals surface area contributed by atoms with Crippen LogP contribution in [0.15, 0.2) is 29.2 Å². The summed E-state index contributed by atoms with van der Waals surface area (Å²) < 4.78 is 0. The number of thioether (sulfide) groups is 1. The summed E-state index contributed by atoms with van der Waals surface area (Å²) in [5.41, 5.74) is 0. The molecule has 2 amide bonds. The zero-order valence-corrected chi connectivity index (χ0v) is 10.1. The number of nitrogens with zero attached hydrogens (tertiary/aromatic N) is 1. The van der Waals surface area contributed by atoms with Crippen molar-refractivity contribution in [2.24, 2.45) is 0 Å². The first kappa shape index (κ1) is 12.0. The molecule has 1 aromatic rings. The maximum absolute atomic E-state index is 11.3. The number of phenols is 1. The van der Waals surface area contributed by atoms with Gasteiger partial charge in [0.1, 0.15) is 5.75 Å². The smallest absolute Gasteiger partial charge is 0.229 e. The van der Waals surface area contributed by atoms with Gasteiger partial charge >= 0.3 is 0 Å². The van der Waals surface area contributed by atoms with Gasteiger partial charge in [-0.25, -0.2) is 0 Å². The van der Waals surface area contributed by atoms with Crippen LogP contribution in [0.1, 0.15) is 12.8 Å². The maximum Gasteiger partial charge on any atom is 0.229 e. The van der Waals surface area contributed by atoms with Crippen molar-refractivity contribution in [3.63, 3.8) is 0 Å². The molecule has 4 nitrogen and oxygen atoms in total. The van der Waals surface area contributed by atoms with Crippen LogP contribution in [-0.2, 0) is 9.59 Å². The Bertz CT molecular complexity index is 431. The van der Waals surface area contributed by atoms with E-state index in [1.54, 1.807) is 12.1 Å². The molecule has 0 aromatic heterocycles. The normalized spacial score (nSPS) is 15.6. The Labute approximate surface area is 104 Å². The topological polar surface area (TPSA) is 57.6 Å². The Morgan fingerprint density at radius 2 is 1.82 bits per heavy atom. The summed E-state index contributed by atoms with van der Waals surface area (Å²) in [5.74, 6) is 0.659. The van der Waals surface area contributed by atoms with Gasteiger partial charge in [0.2, 0.25) is 11.8 Å². The molecule has 0 saturated carbocycles. The molecule has 0 radical (unpaired) electrons. The van der Waals surface area contributed by atoms with Crippen molar-refractivity contribution in [1.82, 2.24) is 4.90 Å². The van der Waals surface area contributed by atoms with Crippen LogP contribution in [0.2, 0.25) is 0 Å². The van der Waals surface area contributed by atoms with Crippen molar-refractivity contribution in [3.05, 3.63) is 24.3 Å². The van der Waals surface area contributed by atoms with Crippen LogP contribution >= 0.6 is 11.8 Å². The molecule has 0 unspecified atom stereocenters. The molecule has 1 aliphatic rings. The van der Waals surface area contributed by atoms with E-state index in [2.05, 4.69) is 0 Å². The van der Waals surface area contributed by atoms with Gasteiger partial charge in [-0.05, 0) is 12.1 Å². The van der Waals surface area contributed by atoms with Crippen LogP contribution in [0.3, 0.4) is 0 Å². The fourth-order valence-electron chi connectivity index (χ4n) is 1.70. The predicted octanol–water partition coefficient (Wildman–Crippen LogP) is 1.63. The molecule has 1 heterocycles. The number of para-hydroxylation sites is 1. The average Bonchev–Trinajstić information content (AvgIpc) is 2.63. The van der Waals surface area contributed by atoms with Crippen molar-refractivity contribution in [3.8, 4) is 5.75 Å². The first-order valence-corrected chi connectivity index (χ1v) is 6.41. The minimum absolute atomic E-state index is 0.0899. The Morgan fingerprint density at radius 1 is 1.18 bits per heavy atom. The van der Waals surface area contributed by atoms with Gasteiger partial charge in [-0.15, -0.1) is 11.8 Å². The fraction of sp³-hybridized carbons (Fsp3) is 0.333. The van der Waals surface area contributed by atoms with E-state index in [0.29, 0.717) is 25.1 Å². The molecule has 2 rings (SSSR count). The van der Waals surface area contributed by atoms with Crippen LogP contribution in [0.5, 0.6) is 5.75 Å². The molecule has 1 saturated heterocycles. The lowest BCUT2D eigenvalue weighted by Crippen LogP contribution is -2.31. The summed E-state index contributed by atoms with van der Waals surface area (Å²) in [4.78, 5) is 24.7. The summed E-state index contributed by atoms with van der Waals surface area (Å²) >= 11 is 1.44. The summed E-state index contributed by atoms with van der Waals surface area (Å²) in [6.07, 6.45) is 0.667. The highest BCUT2D eigenvalue weighted by Gasteiger charge is 2.28. The van der Waals surface area contributed by atoms with E-state index in [0.717, 1.165) is 4.90 Å². The van der Waals surface area contributed by atoms with Gasteiger partial charge < -0.3 is 5.11 Å². The molecule has 1 aromatic carbocycles. The van der Waals surface area contributed by atoms with Gasteiger partial charge in [-0.2, -0.15) is 0 Å². The van der Waals surface area contributed by atoms with E-state index in [1.807, 2.05) is 12.1 Å². The van der Waals surface area contributed by atoms with Crippen molar-refractivity contribution >= 4 is 23.6 Å². The van der Waals surface area contributed by atoms with Crippen molar-refractivity contribution in [1.29, 1.82) is 0 Å². The third kappa shape index (κ3) is 2.79. The summed E-state index contributed by atoms with van der Waals surface area (Å²) in [6.45, 7) is 0.413. The highest BCUT2D eigenvalue weighted by molar-refractivity contribution is 7.99. The number of likely N-dealkylation sites (tertiary alicyclic amines) is 1. The molecule has 1 aliphatic heterocycles. The number of phenolic OH excluding ortho intramolecular Hbond substituents is 1. The predicted molar refractivity (Wildman–Crippen MR) is 64.8 cm³/mol. The third-order valence-electron chi connectivity index (χ3n) is 2.59. The highest BCUT2D eigenvalue weighted by atomic mass is 32.2. The summed E-state index contributed by atoms with van der Waals surface area (Å²) in [6, 6.07) is 7.03. The number of carbonyl (C=O) groups excluding carboxylic acids is 2. The number of carbonyl (C=O) groups is 2. The largest absolute Gasteiger partial charge is 0.507 e. The maximum atomic E-state index is 11.3. The molecule has 90 valence electrons. The van der Waals surface area contributed by atoms with Crippen molar-refractivity contribution in [2.45, 2.75) is 17.7 Å². The number of aromatic hydroxyl groups is 1. The van der Waals surface area contributed by atoms with Crippen LogP contribution in [0, 0.1) is 0 Å². The molecular formula is C12H13NO3S. The summed E-state index contributed by atoms with van der Waals surface area (Å²) in [7, 11) is 0. The fourth-order valence-corrected chi connectivity index (χ4v) is 2.58. The first-order valence-electron chi connectivity index (χ1n) is 5.42. The Balaban J connectivity index is 1.86. The SMILES string of the molecule is O=C1CCC(=O)N1CCSc1ccccc1O. The van der Waals surface area contributed by atoms with E-state index in [4.69, 9.17) is 0 Å². The zero-order chi connectivity index (χ0) is 12.3. The third-order valence-corrected chi connectivity index (χ3v) is 3.64. The second-order valence-corrected chi connectivity index (χ2v) is 4.89. The molecule has 5 heteroatoms. The minimum atomic E-state index is -0.0899. The first-order chi connectivity index (χ1) is 8.18.